The first kappa shape index (κ1) is 18.6. The van der Waals surface area contributed by atoms with Gasteiger partial charge in [0.05, 0.1) is 10.5 Å². The van der Waals surface area contributed by atoms with E-state index in [4.69, 9.17) is 4.65 Å². The predicted octanol–water partition coefficient (Wildman–Crippen LogP) is 1.66. The van der Waals surface area contributed by atoms with Gasteiger partial charge in [-0.25, -0.2) is 13.4 Å². The molecule has 1 aromatic carbocycles. The van der Waals surface area contributed by atoms with E-state index in [1.807, 2.05) is 31.3 Å². The Labute approximate surface area is 175 Å². The standard InChI is InChI=1S/C21H22BN3O4S/c1-14-2-4-15(5-3-14)30(27,28)25-9-7-20(13-25)11-21(12-20)18-16-6-8-23-19(16)24-10-17(18)22(26)29-21/h2-6,8,10,26H,7,9,11-13H2,1H3,(H,23,24). The first-order valence-corrected chi connectivity index (χ1v) is 11.7. The van der Waals surface area contributed by atoms with E-state index in [0.29, 0.717) is 30.8 Å². The minimum Gasteiger partial charge on any atom is -0.423 e. The molecule has 6 rings (SSSR count). The first-order valence-electron chi connectivity index (χ1n) is 10.2. The van der Waals surface area contributed by atoms with Gasteiger partial charge in [0.2, 0.25) is 10.0 Å². The van der Waals surface area contributed by atoms with E-state index in [9.17, 15) is 13.4 Å². The van der Waals surface area contributed by atoms with E-state index >= 15 is 0 Å². The Hall–Kier alpha value is -2.20. The molecule has 2 spiro atoms. The Morgan fingerprint density at radius 3 is 2.77 bits per heavy atom. The van der Waals surface area contributed by atoms with Crippen molar-refractivity contribution in [3.8, 4) is 0 Å². The fraction of sp³-hybridized carbons (Fsp3) is 0.381. The third-order valence-electron chi connectivity index (χ3n) is 7.06. The number of nitrogens with zero attached hydrogens (tertiary/aromatic N) is 2. The highest BCUT2D eigenvalue weighted by molar-refractivity contribution is 7.89. The zero-order valence-electron chi connectivity index (χ0n) is 16.6. The van der Waals surface area contributed by atoms with Gasteiger partial charge >= 0.3 is 7.12 Å². The van der Waals surface area contributed by atoms with Crippen LogP contribution in [-0.2, 0) is 20.3 Å². The van der Waals surface area contributed by atoms with Crippen LogP contribution >= 0.6 is 0 Å². The molecule has 2 aliphatic heterocycles. The maximum Gasteiger partial charge on any atom is 0.493 e. The van der Waals surface area contributed by atoms with Crippen LogP contribution in [0.2, 0.25) is 0 Å². The van der Waals surface area contributed by atoms with Crippen LogP contribution in [0.15, 0.2) is 47.6 Å². The van der Waals surface area contributed by atoms with E-state index < -0.39 is 22.7 Å². The number of benzene rings is 1. The Kier molecular flexibility index (Phi) is 3.68. The number of aromatic nitrogens is 2. The maximum absolute atomic E-state index is 13.1. The van der Waals surface area contributed by atoms with Crippen molar-refractivity contribution in [3.63, 3.8) is 0 Å². The molecule has 1 aliphatic carbocycles. The zero-order valence-corrected chi connectivity index (χ0v) is 17.4. The number of aromatic amines is 1. The maximum atomic E-state index is 13.1. The quantitative estimate of drug-likeness (QED) is 0.612. The van der Waals surface area contributed by atoms with Gasteiger partial charge in [0.15, 0.2) is 0 Å². The lowest BCUT2D eigenvalue weighted by molar-refractivity contribution is -0.108. The van der Waals surface area contributed by atoms with Gasteiger partial charge < -0.3 is 14.7 Å². The Morgan fingerprint density at radius 2 is 2.00 bits per heavy atom. The van der Waals surface area contributed by atoms with Gasteiger partial charge in [0.1, 0.15) is 5.65 Å². The topological polar surface area (TPSA) is 95.5 Å². The van der Waals surface area contributed by atoms with Crippen molar-refractivity contribution in [1.82, 2.24) is 14.3 Å². The lowest BCUT2D eigenvalue weighted by Crippen LogP contribution is -2.52. The van der Waals surface area contributed by atoms with Crippen LogP contribution in [0.3, 0.4) is 0 Å². The summed E-state index contributed by atoms with van der Waals surface area (Å²) in [6, 6.07) is 8.99. The van der Waals surface area contributed by atoms with Crippen molar-refractivity contribution in [1.29, 1.82) is 0 Å². The van der Waals surface area contributed by atoms with E-state index in [1.54, 1.807) is 22.6 Å². The monoisotopic (exact) mass is 423 g/mol. The van der Waals surface area contributed by atoms with Crippen molar-refractivity contribution in [2.75, 3.05) is 13.1 Å². The molecule has 2 fully saturated rings. The normalized spacial score (nSPS) is 28.5. The molecule has 0 amide bonds. The van der Waals surface area contributed by atoms with Gasteiger partial charge in [-0.15, -0.1) is 0 Å². The number of H-pyrrole nitrogens is 1. The first-order chi connectivity index (χ1) is 14.3. The second-order valence-electron chi connectivity index (χ2n) is 9.05. The van der Waals surface area contributed by atoms with Crippen LogP contribution in [0.1, 0.15) is 30.4 Å². The molecule has 2 N–H and O–H groups in total. The molecule has 0 bridgehead atoms. The highest BCUT2D eigenvalue weighted by Gasteiger charge is 2.64. The number of rotatable bonds is 2. The van der Waals surface area contributed by atoms with E-state index in [1.165, 1.54) is 0 Å². The molecule has 0 radical (unpaired) electrons. The highest BCUT2D eigenvalue weighted by Crippen LogP contribution is 2.62. The van der Waals surface area contributed by atoms with Crippen molar-refractivity contribution in [2.45, 2.75) is 36.7 Å². The van der Waals surface area contributed by atoms with Gasteiger partial charge in [-0.1, -0.05) is 17.7 Å². The predicted molar refractivity (Wildman–Crippen MR) is 113 cm³/mol. The summed E-state index contributed by atoms with van der Waals surface area (Å²) in [4.78, 5) is 7.85. The fourth-order valence-corrected chi connectivity index (χ4v) is 7.28. The summed E-state index contributed by atoms with van der Waals surface area (Å²) in [5.74, 6) is 0. The lowest BCUT2D eigenvalue weighted by Gasteiger charge is -2.53. The number of fused-ring (bicyclic) bond motifs is 4. The molecule has 3 aromatic rings. The number of pyridine rings is 1. The third-order valence-corrected chi connectivity index (χ3v) is 8.92. The molecule has 3 aliphatic rings. The Balaban J connectivity index is 1.29. The summed E-state index contributed by atoms with van der Waals surface area (Å²) < 4.78 is 33.9. The molecular weight excluding hydrogens is 401 g/mol. The van der Waals surface area contributed by atoms with Gasteiger partial charge in [0, 0.05) is 36.3 Å². The lowest BCUT2D eigenvalue weighted by atomic mass is 9.56. The smallest absolute Gasteiger partial charge is 0.423 e. The van der Waals surface area contributed by atoms with Gasteiger partial charge in [-0.2, -0.15) is 4.31 Å². The van der Waals surface area contributed by atoms with Crippen LogP contribution in [0.25, 0.3) is 11.0 Å². The molecule has 0 unspecified atom stereocenters. The van der Waals surface area contributed by atoms with E-state index in [-0.39, 0.29) is 5.41 Å². The third kappa shape index (κ3) is 2.43. The molecule has 154 valence electrons. The number of nitrogens with one attached hydrogen (secondary N) is 1. The fourth-order valence-electron chi connectivity index (χ4n) is 5.72. The SMILES string of the molecule is Cc1ccc(S(=O)(=O)N2CCC3(C2)CC2(C3)OB(O)c3cnc4[nH]ccc4c32)cc1. The summed E-state index contributed by atoms with van der Waals surface area (Å²) >= 11 is 0. The molecule has 7 nitrogen and oxygen atoms in total. The number of aryl methyl sites for hydroxylation is 1. The van der Waals surface area contributed by atoms with Crippen LogP contribution in [-0.4, -0.2) is 47.9 Å². The summed E-state index contributed by atoms with van der Waals surface area (Å²) in [5.41, 5.74) is 2.86. The van der Waals surface area contributed by atoms with Crippen molar-refractivity contribution in [2.24, 2.45) is 5.41 Å². The molecule has 4 heterocycles. The highest BCUT2D eigenvalue weighted by atomic mass is 32.2. The van der Waals surface area contributed by atoms with Gasteiger partial charge in [-0.3, -0.25) is 0 Å². The number of sulfonamides is 1. The minimum atomic E-state index is -3.51. The second kappa shape index (κ2) is 5.94. The molecule has 2 aromatic heterocycles. The summed E-state index contributed by atoms with van der Waals surface area (Å²) in [7, 11) is -4.49. The molecule has 0 atom stereocenters. The molecule has 1 saturated carbocycles. The van der Waals surface area contributed by atoms with Gasteiger partial charge in [-0.05, 0) is 55.4 Å². The molecule has 30 heavy (non-hydrogen) atoms. The Bertz CT molecular complexity index is 1270. The van der Waals surface area contributed by atoms with Crippen molar-refractivity contribution >= 4 is 33.6 Å². The molecule has 1 saturated heterocycles. The summed E-state index contributed by atoms with van der Waals surface area (Å²) in [6.45, 7) is 2.94. The van der Waals surface area contributed by atoms with Crippen molar-refractivity contribution in [3.05, 3.63) is 53.9 Å². The molecular formula is C21H22BN3O4S. The van der Waals surface area contributed by atoms with Gasteiger partial charge in [0.25, 0.3) is 0 Å². The Morgan fingerprint density at radius 1 is 1.23 bits per heavy atom. The molecule has 9 heteroatoms. The van der Waals surface area contributed by atoms with Crippen LogP contribution in [0.4, 0.5) is 0 Å². The summed E-state index contributed by atoms with van der Waals surface area (Å²) in [6.07, 6.45) is 5.73. The zero-order chi connectivity index (χ0) is 20.7. The van der Waals surface area contributed by atoms with Crippen LogP contribution in [0.5, 0.6) is 0 Å². The average molecular weight is 423 g/mol. The van der Waals surface area contributed by atoms with E-state index in [0.717, 1.165) is 34.0 Å². The largest absolute Gasteiger partial charge is 0.493 e. The number of hydrogen-bond acceptors (Lipinski definition) is 5. The van der Waals surface area contributed by atoms with Crippen LogP contribution in [0, 0.1) is 12.3 Å². The minimum absolute atomic E-state index is 0.120. The second-order valence-corrected chi connectivity index (χ2v) is 11.0. The van der Waals surface area contributed by atoms with Crippen LogP contribution < -0.4 is 5.46 Å². The number of hydrogen-bond donors (Lipinski definition) is 2. The van der Waals surface area contributed by atoms with Crippen molar-refractivity contribution < 1.29 is 18.1 Å². The van der Waals surface area contributed by atoms with E-state index in [2.05, 4.69) is 9.97 Å². The average Bonchev–Trinajstić information content (AvgIpc) is 3.39. The summed E-state index contributed by atoms with van der Waals surface area (Å²) in [5, 5.41) is 11.5.